The number of carboxylic acids is 1. The molecule has 5 rings (SSSR count). The molecule has 1 saturated heterocycles. The number of aromatic nitrogens is 4. The van der Waals surface area contributed by atoms with Crippen LogP contribution in [0, 0.1) is 12.8 Å². The minimum absolute atomic E-state index is 0.0649. The lowest BCUT2D eigenvalue weighted by Crippen LogP contribution is -2.38. The van der Waals surface area contributed by atoms with Gasteiger partial charge in [0, 0.05) is 25.1 Å². The zero-order valence-electron chi connectivity index (χ0n) is 21.7. The Labute approximate surface area is 227 Å². The maximum atomic E-state index is 14.1. The van der Waals surface area contributed by atoms with Crippen LogP contribution in [0.15, 0.2) is 59.3 Å². The number of aliphatic hydroxyl groups is 1. The molecule has 12 heteroatoms. The number of rotatable bonds is 8. The van der Waals surface area contributed by atoms with Gasteiger partial charge in [-0.1, -0.05) is 41.6 Å². The summed E-state index contributed by atoms with van der Waals surface area (Å²) < 4.78 is 48.3. The van der Waals surface area contributed by atoms with Gasteiger partial charge in [0.05, 0.1) is 23.6 Å². The number of benzene rings is 2. The monoisotopic (exact) mass is 555 g/mol. The minimum Gasteiger partial charge on any atom is -0.481 e. The number of halogens is 3. The molecule has 1 aliphatic rings. The first-order valence-corrected chi connectivity index (χ1v) is 12.9. The zero-order valence-corrected chi connectivity index (χ0v) is 21.7. The Balaban J connectivity index is 1.32. The van der Waals surface area contributed by atoms with E-state index in [0.29, 0.717) is 24.2 Å². The van der Waals surface area contributed by atoms with Crippen molar-refractivity contribution in [3.8, 4) is 28.5 Å². The fourth-order valence-electron chi connectivity index (χ4n) is 5.12. The Kier molecular flexibility index (Phi) is 7.72. The second-order valence-corrected chi connectivity index (χ2v) is 10.1. The first kappa shape index (κ1) is 27.5. The van der Waals surface area contributed by atoms with Crippen LogP contribution < -0.4 is 0 Å². The largest absolute Gasteiger partial charge is 0.481 e. The van der Waals surface area contributed by atoms with Crippen molar-refractivity contribution in [2.75, 3.05) is 19.6 Å². The van der Waals surface area contributed by atoms with Crippen LogP contribution in [0.25, 0.3) is 28.5 Å². The number of alkyl halides is 3. The Bertz CT molecular complexity index is 1480. The van der Waals surface area contributed by atoms with E-state index < -0.39 is 23.9 Å². The number of aliphatic carboxylic acids is 1. The molecule has 40 heavy (non-hydrogen) atoms. The van der Waals surface area contributed by atoms with Gasteiger partial charge in [0.1, 0.15) is 0 Å². The number of likely N-dealkylation sites (tertiary alicyclic amines) is 1. The zero-order chi connectivity index (χ0) is 28.4. The summed E-state index contributed by atoms with van der Waals surface area (Å²) in [5.74, 6) is -0.969. The summed E-state index contributed by atoms with van der Waals surface area (Å²) >= 11 is 0. The molecule has 0 amide bonds. The number of aliphatic hydroxyl groups excluding tert-OH is 1. The number of hydrogen-bond donors (Lipinski definition) is 2. The molecule has 2 aromatic heterocycles. The Morgan fingerprint density at radius 3 is 2.67 bits per heavy atom. The second-order valence-electron chi connectivity index (χ2n) is 10.1. The van der Waals surface area contributed by atoms with E-state index in [-0.39, 0.29) is 35.3 Å². The van der Waals surface area contributed by atoms with Gasteiger partial charge in [0.25, 0.3) is 5.89 Å². The van der Waals surface area contributed by atoms with Gasteiger partial charge in [-0.25, -0.2) is 4.68 Å². The summed E-state index contributed by atoms with van der Waals surface area (Å²) in [6, 6.07) is 13.3. The van der Waals surface area contributed by atoms with Crippen molar-refractivity contribution >= 4 is 5.97 Å². The molecule has 2 atom stereocenters. The van der Waals surface area contributed by atoms with Crippen molar-refractivity contribution in [1.29, 1.82) is 0 Å². The van der Waals surface area contributed by atoms with E-state index in [1.807, 2.05) is 0 Å². The fraction of sp³-hybridized carbons (Fsp3) is 0.357. The maximum absolute atomic E-state index is 14.1. The van der Waals surface area contributed by atoms with Crippen LogP contribution in [0.3, 0.4) is 0 Å². The van der Waals surface area contributed by atoms with Gasteiger partial charge in [-0.05, 0) is 55.5 Å². The molecular formula is C28H28F3N5O4. The standard InChI is InChI=1S/C28H28F3N5O4/c1-17-4-2-6-21(12-17)36-25(28(29,30)31)22(14-32-36)27-33-26(34-40-27)20-9-7-19(8-10-20)23(37)16-35-11-3-5-18(15-35)13-24(38)39/h2,4,6-10,12,14,18,23,37H,3,5,11,13,15-16H2,1H3,(H,38,39)/t18-,23+/m1/s1. The third-order valence-corrected chi connectivity index (χ3v) is 6.99. The Morgan fingerprint density at radius 1 is 1.20 bits per heavy atom. The minimum atomic E-state index is -4.73. The fourth-order valence-corrected chi connectivity index (χ4v) is 5.12. The number of aryl methyl sites for hydroxylation is 1. The van der Waals surface area contributed by atoms with Gasteiger partial charge in [-0.3, -0.25) is 4.79 Å². The van der Waals surface area contributed by atoms with E-state index in [9.17, 15) is 23.1 Å². The Hall–Kier alpha value is -4.03. The normalized spacial score (nSPS) is 17.2. The molecule has 4 aromatic rings. The molecule has 1 aliphatic heterocycles. The quantitative estimate of drug-likeness (QED) is 0.307. The smallest absolute Gasteiger partial charge is 0.434 e. The van der Waals surface area contributed by atoms with Gasteiger partial charge in [-0.15, -0.1) is 0 Å². The number of piperidine rings is 1. The van der Waals surface area contributed by atoms with Crippen LogP contribution in [0.2, 0.25) is 0 Å². The van der Waals surface area contributed by atoms with Crippen molar-refractivity contribution < 1.29 is 32.7 Å². The number of β-amino-alcohol motifs (C(OH)–C–C–N with tert-alkyl or cyclic N) is 1. The molecule has 0 radical (unpaired) electrons. The van der Waals surface area contributed by atoms with E-state index in [1.165, 1.54) is 6.07 Å². The molecular weight excluding hydrogens is 527 g/mol. The number of carboxylic acid groups (broad SMARTS) is 1. The van der Waals surface area contributed by atoms with E-state index in [0.717, 1.165) is 35.8 Å². The molecule has 0 spiro atoms. The van der Waals surface area contributed by atoms with Gasteiger partial charge < -0.3 is 19.6 Å². The first-order valence-electron chi connectivity index (χ1n) is 12.9. The molecule has 210 valence electrons. The Morgan fingerprint density at radius 2 is 1.98 bits per heavy atom. The van der Waals surface area contributed by atoms with Crippen LogP contribution in [-0.4, -0.2) is 60.6 Å². The highest BCUT2D eigenvalue weighted by Gasteiger charge is 2.40. The highest BCUT2D eigenvalue weighted by Crippen LogP contribution is 2.38. The van der Waals surface area contributed by atoms with Crippen LogP contribution in [0.1, 0.15) is 42.2 Å². The van der Waals surface area contributed by atoms with Crippen LogP contribution in [0.4, 0.5) is 13.2 Å². The van der Waals surface area contributed by atoms with Crippen LogP contribution in [0.5, 0.6) is 0 Å². The van der Waals surface area contributed by atoms with E-state index in [1.54, 1.807) is 49.4 Å². The van der Waals surface area contributed by atoms with Crippen molar-refractivity contribution in [3.05, 3.63) is 71.5 Å². The average Bonchev–Trinajstić information content (AvgIpc) is 3.56. The molecule has 2 N–H and O–H groups in total. The second kappa shape index (κ2) is 11.2. The van der Waals surface area contributed by atoms with Crippen molar-refractivity contribution in [3.63, 3.8) is 0 Å². The molecule has 2 aromatic carbocycles. The number of hydrogen-bond acceptors (Lipinski definition) is 7. The molecule has 9 nitrogen and oxygen atoms in total. The van der Waals surface area contributed by atoms with E-state index >= 15 is 0 Å². The molecule has 3 heterocycles. The van der Waals surface area contributed by atoms with Gasteiger partial charge >= 0.3 is 12.1 Å². The average molecular weight is 556 g/mol. The number of carbonyl (C=O) groups is 1. The van der Waals surface area contributed by atoms with Gasteiger partial charge in [0.15, 0.2) is 5.69 Å². The lowest BCUT2D eigenvalue weighted by Gasteiger charge is -2.33. The summed E-state index contributed by atoms with van der Waals surface area (Å²) in [6.07, 6.45) is -2.61. The molecule has 0 unspecified atom stereocenters. The molecule has 0 bridgehead atoms. The lowest BCUT2D eigenvalue weighted by molar-refractivity contribution is -0.142. The summed E-state index contributed by atoms with van der Waals surface area (Å²) in [5.41, 5.74) is 0.846. The van der Waals surface area contributed by atoms with E-state index in [2.05, 4.69) is 20.1 Å². The van der Waals surface area contributed by atoms with Crippen LogP contribution in [-0.2, 0) is 11.0 Å². The van der Waals surface area contributed by atoms with Crippen molar-refractivity contribution in [2.45, 2.75) is 38.5 Å². The predicted octanol–water partition coefficient (Wildman–Crippen LogP) is 5.14. The predicted molar refractivity (Wildman–Crippen MR) is 138 cm³/mol. The molecule has 0 saturated carbocycles. The lowest BCUT2D eigenvalue weighted by atomic mass is 9.94. The molecule has 0 aliphatic carbocycles. The summed E-state index contributed by atoms with van der Waals surface area (Å²) in [5, 5.41) is 27.6. The third kappa shape index (κ3) is 6.07. The topological polar surface area (TPSA) is 118 Å². The third-order valence-electron chi connectivity index (χ3n) is 6.99. The summed E-state index contributed by atoms with van der Waals surface area (Å²) in [4.78, 5) is 17.3. The van der Waals surface area contributed by atoms with Crippen molar-refractivity contribution in [1.82, 2.24) is 24.8 Å². The highest BCUT2D eigenvalue weighted by atomic mass is 19.4. The van der Waals surface area contributed by atoms with Crippen molar-refractivity contribution in [2.24, 2.45) is 5.92 Å². The van der Waals surface area contributed by atoms with Crippen LogP contribution >= 0.6 is 0 Å². The first-order chi connectivity index (χ1) is 19.1. The molecule has 1 fully saturated rings. The van der Waals surface area contributed by atoms with Gasteiger partial charge in [0.2, 0.25) is 5.82 Å². The highest BCUT2D eigenvalue weighted by molar-refractivity contribution is 5.67. The summed E-state index contributed by atoms with van der Waals surface area (Å²) in [6.45, 7) is 3.55. The summed E-state index contributed by atoms with van der Waals surface area (Å²) in [7, 11) is 0. The van der Waals surface area contributed by atoms with E-state index in [4.69, 9.17) is 9.63 Å². The maximum Gasteiger partial charge on any atom is 0.434 e. The SMILES string of the molecule is Cc1cccc(-n2ncc(-c3nc(-c4ccc([C@@H](O)CN5CCC[C@H](CC(=O)O)C5)cc4)no3)c2C(F)(F)F)c1. The number of nitrogens with zero attached hydrogens (tertiary/aromatic N) is 5. The van der Waals surface area contributed by atoms with Gasteiger partial charge in [-0.2, -0.15) is 23.3 Å².